The molecule has 0 aliphatic heterocycles. The van der Waals surface area contributed by atoms with Gasteiger partial charge in [0.15, 0.2) is 0 Å². The van der Waals surface area contributed by atoms with Gasteiger partial charge in [-0.25, -0.2) is 4.79 Å². The monoisotopic (exact) mass is 456 g/mol. The Morgan fingerprint density at radius 2 is 1.61 bits per heavy atom. The van der Waals surface area contributed by atoms with Crippen molar-refractivity contribution in [2.75, 3.05) is 33.0 Å². The lowest BCUT2D eigenvalue weighted by Crippen LogP contribution is -2.48. The van der Waals surface area contributed by atoms with Gasteiger partial charge in [0.05, 0.1) is 19.6 Å². The van der Waals surface area contributed by atoms with Gasteiger partial charge in [-0.15, -0.1) is 0 Å². The number of carboxylic acids is 1. The molecule has 33 heavy (non-hydrogen) atoms. The number of nitrogens with one attached hydrogen (secondary N) is 2. The fourth-order valence-corrected chi connectivity index (χ4v) is 3.84. The van der Waals surface area contributed by atoms with E-state index in [2.05, 4.69) is 10.6 Å². The number of amides is 2. The fraction of sp³-hybridized carbons (Fsp3) is 0.375. The topological polar surface area (TPSA) is 134 Å². The van der Waals surface area contributed by atoms with Crippen molar-refractivity contribution in [3.05, 3.63) is 59.7 Å². The Bertz CT molecular complexity index is 933. The second-order valence-electron chi connectivity index (χ2n) is 7.60. The lowest BCUT2D eigenvalue weighted by atomic mass is 9.98. The number of alkyl carbamates (subject to hydrolysis) is 1. The van der Waals surface area contributed by atoms with Crippen LogP contribution in [-0.4, -0.2) is 67.2 Å². The summed E-state index contributed by atoms with van der Waals surface area (Å²) in [5.41, 5.74) is 4.28. The summed E-state index contributed by atoms with van der Waals surface area (Å²) in [7, 11) is 0. The number of rotatable bonds is 12. The number of benzene rings is 2. The Morgan fingerprint density at radius 1 is 0.970 bits per heavy atom. The van der Waals surface area contributed by atoms with E-state index in [1.165, 1.54) is 0 Å². The van der Waals surface area contributed by atoms with E-state index in [9.17, 15) is 14.4 Å². The largest absolute Gasteiger partial charge is 0.481 e. The molecule has 0 heterocycles. The molecular formula is C24H28N2O7. The molecule has 2 aromatic carbocycles. The van der Waals surface area contributed by atoms with Crippen LogP contribution in [0.15, 0.2) is 48.5 Å². The van der Waals surface area contributed by atoms with Gasteiger partial charge < -0.3 is 30.3 Å². The molecule has 9 heteroatoms. The third-order valence-electron chi connectivity index (χ3n) is 5.33. The second-order valence-corrected chi connectivity index (χ2v) is 7.60. The fourth-order valence-electron chi connectivity index (χ4n) is 3.84. The van der Waals surface area contributed by atoms with Gasteiger partial charge in [-0.1, -0.05) is 48.5 Å². The van der Waals surface area contributed by atoms with Crippen LogP contribution in [0.2, 0.25) is 0 Å². The summed E-state index contributed by atoms with van der Waals surface area (Å²) in [5, 5.41) is 22.7. The van der Waals surface area contributed by atoms with Gasteiger partial charge in [0, 0.05) is 19.1 Å². The van der Waals surface area contributed by atoms with E-state index in [0.29, 0.717) is 13.0 Å². The molecule has 1 atom stereocenters. The molecule has 0 bridgehead atoms. The molecule has 0 spiro atoms. The molecule has 3 rings (SSSR count). The molecule has 1 aliphatic rings. The summed E-state index contributed by atoms with van der Waals surface area (Å²) in [5.74, 6) is -1.98. The van der Waals surface area contributed by atoms with E-state index in [0.717, 1.165) is 22.3 Å². The van der Waals surface area contributed by atoms with Crippen LogP contribution in [-0.2, 0) is 19.1 Å². The number of carbonyl (C=O) groups excluding carboxylic acids is 2. The van der Waals surface area contributed by atoms with Crippen LogP contribution in [0.25, 0.3) is 11.1 Å². The van der Waals surface area contributed by atoms with Crippen LogP contribution >= 0.6 is 0 Å². The van der Waals surface area contributed by atoms with Crippen LogP contribution in [0.1, 0.15) is 29.9 Å². The predicted molar refractivity (Wildman–Crippen MR) is 120 cm³/mol. The molecule has 2 amide bonds. The molecular weight excluding hydrogens is 428 g/mol. The zero-order chi connectivity index (χ0) is 23.6. The van der Waals surface area contributed by atoms with E-state index in [1.54, 1.807) is 0 Å². The Hall–Kier alpha value is -3.43. The molecule has 0 saturated carbocycles. The maximum Gasteiger partial charge on any atom is 0.407 e. The third kappa shape index (κ3) is 6.53. The second kappa shape index (κ2) is 12.0. The highest BCUT2D eigenvalue weighted by Crippen LogP contribution is 2.44. The summed E-state index contributed by atoms with van der Waals surface area (Å²) in [6, 6.07) is 14.5. The van der Waals surface area contributed by atoms with Gasteiger partial charge in [-0.2, -0.15) is 0 Å². The minimum atomic E-state index is -1.27. The van der Waals surface area contributed by atoms with Crippen LogP contribution in [0.4, 0.5) is 4.79 Å². The summed E-state index contributed by atoms with van der Waals surface area (Å²) in [6.45, 7) is 0.760. The summed E-state index contributed by atoms with van der Waals surface area (Å²) in [4.78, 5) is 36.0. The first-order chi connectivity index (χ1) is 16.0. The van der Waals surface area contributed by atoms with Crippen LogP contribution in [0.5, 0.6) is 0 Å². The number of carboxylic acid groups (broad SMARTS) is 1. The Kier molecular flexibility index (Phi) is 8.79. The minimum Gasteiger partial charge on any atom is -0.481 e. The molecule has 0 aromatic heterocycles. The molecule has 0 radical (unpaired) electrons. The first kappa shape index (κ1) is 24.2. The van der Waals surface area contributed by atoms with Crippen molar-refractivity contribution in [2.24, 2.45) is 0 Å². The molecule has 2 aromatic rings. The number of ether oxygens (including phenoxy) is 2. The number of hydrogen-bond donors (Lipinski definition) is 4. The normalized spacial score (nSPS) is 13.0. The Balaban J connectivity index is 1.55. The van der Waals surface area contributed by atoms with E-state index >= 15 is 0 Å². The van der Waals surface area contributed by atoms with E-state index in [1.807, 2.05) is 48.5 Å². The summed E-state index contributed by atoms with van der Waals surface area (Å²) in [6.07, 6.45) is -0.947. The summed E-state index contributed by atoms with van der Waals surface area (Å²) < 4.78 is 10.5. The number of aliphatic carboxylic acids is 1. The average molecular weight is 456 g/mol. The Morgan fingerprint density at radius 3 is 2.21 bits per heavy atom. The van der Waals surface area contributed by atoms with Crippen molar-refractivity contribution in [3.63, 3.8) is 0 Å². The number of carbonyl (C=O) groups is 3. The van der Waals surface area contributed by atoms with Gasteiger partial charge in [0.1, 0.15) is 12.6 Å². The van der Waals surface area contributed by atoms with Crippen molar-refractivity contribution in [1.82, 2.24) is 10.6 Å². The maximum absolute atomic E-state index is 12.4. The van der Waals surface area contributed by atoms with Crippen molar-refractivity contribution in [2.45, 2.75) is 24.8 Å². The SMILES string of the molecule is O=C(O)CC(NC(=O)OCC1c2ccccc2-c2ccccc21)C(=O)NCCCOCCO. The zero-order valence-electron chi connectivity index (χ0n) is 18.2. The predicted octanol–water partition coefficient (Wildman–Crippen LogP) is 1.88. The van der Waals surface area contributed by atoms with Gasteiger partial charge in [0.25, 0.3) is 0 Å². The number of aliphatic hydroxyl groups excluding tert-OH is 1. The van der Waals surface area contributed by atoms with Crippen molar-refractivity contribution in [3.8, 4) is 11.1 Å². The standard InChI is InChI=1S/C24H28N2O7/c27-11-13-32-12-5-10-25-23(30)21(14-22(28)29)26-24(31)33-15-20-18-8-3-1-6-16(18)17-7-2-4-9-19(17)20/h1-4,6-9,20-21,27H,5,10-15H2,(H,25,30)(H,26,31)(H,28,29). The van der Waals surface area contributed by atoms with Crippen molar-refractivity contribution < 1.29 is 34.1 Å². The van der Waals surface area contributed by atoms with Crippen LogP contribution in [0, 0.1) is 0 Å². The molecule has 0 saturated heterocycles. The van der Waals surface area contributed by atoms with E-state index < -0.39 is 30.4 Å². The van der Waals surface area contributed by atoms with Crippen LogP contribution in [0.3, 0.4) is 0 Å². The van der Waals surface area contributed by atoms with Gasteiger partial charge in [-0.05, 0) is 28.7 Å². The third-order valence-corrected chi connectivity index (χ3v) is 5.33. The highest BCUT2D eigenvalue weighted by atomic mass is 16.5. The molecule has 9 nitrogen and oxygen atoms in total. The molecule has 1 unspecified atom stereocenters. The number of aliphatic hydroxyl groups is 1. The molecule has 0 fully saturated rings. The minimum absolute atomic E-state index is 0.0590. The van der Waals surface area contributed by atoms with Crippen molar-refractivity contribution >= 4 is 18.0 Å². The molecule has 4 N–H and O–H groups in total. The Labute approximate surface area is 191 Å². The highest BCUT2D eigenvalue weighted by Gasteiger charge is 2.30. The average Bonchev–Trinajstić information content (AvgIpc) is 3.13. The van der Waals surface area contributed by atoms with Gasteiger partial charge in [-0.3, -0.25) is 9.59 Å². The number of hydrogen-bond acceptors (Lipinski definition) is 6. The molecule has 176 valence electrons. The molecule has 1 aliphatic carbocycles. The summed E-state index contributed by atoms with van der Waals surface area (Å²) >= 11 is 0. The smallest absolute Gasteiger partial charge is 0.407 e. The maximum atomic E-state index is 12.4. The van der Waals surface area contributed by atoms with E-state index in [-0.39, 0.29) is 32.3 Å². The first-order valence-electron chi connectivity index (χ1n) is 10.8. The lowest BCUT2D eigenvalue weighted by Gasteiger charge is -2.18. The quantitative estimate of drug-likeness (QED) is 0.358. The zero-order valence-corrected chi connectivity index (χ0v) is 18.2. The first-order valence-corrected chi connectivity index (χ1v) is 10.8. The van der Waals surface area contributed by atoms with E-state index in [4.69, 9.17) is 19.7 Å². The van der Waals surface area contributed by atoms with Gasteiger partial charge in [0.2, 0.25) is 5.91 Å². The lowest BCUT2D eigenvalue weighted by molar-refractivity contribution is -0.139. The van der Waals surface area contributed by atoms with Crippen molar-refractivity contribution in [1.29, 1.82) is 0 Å². The van der Waals surface area contributed by atoms with Crippen LogP contribution < -0.4 is 10.6 Å². The number of fused-ring (bicyclic) bond motifs is 3. The highest BCUT2D eigenvalue weighted by molar-refractivity contribution is 5.89. The van der Waals surface area contributed by atoms with Gasteiger partial charge >= 0.3 is 12.1 Å².